The number of nitro benzene ring substituents is 1. The Labute approximate surface area is 125 Å². The molecule has 3 rings (SSSR count). The Morgan fingerprint density at radius 3 is 2.60 bits per heavy atom. The van der Waals surface area contributed by atoms with Crippen LogP contribution in [0.15, 0.2) is 40.9 Å². The number of fused-ring (bicyclic) bond motifs is 2. The van der Waals surface area contributed by atoms with Crippen LogP contribution in [0.1, 0.15) is 25.0 Å². The van der Waals surface area contributed by atoms with Crippen molar-refractivity contribution in [2.45, 2.75) is 19.3 Å². The number of nitrogens with one attached hydrogen (secondary N) is 1. The topological polar surface area (TPSA) is 55.2 Å². The summed E-state index contributed by atoms with van der Waals surface area (Å²) in [5, 5.41) is 14.5. The molecule has 20 heavy (non-hydrogen) atoms. The van der Waals surface area contributed by atoms with Crippen LogP contribution < -0.4 is 5.32 Å². The van der Waals surface area contributed by atoms with Crippen molar-refractivity contribution < 1.29 is 4.92 Å². The van der Waals surface area contributed by atoms with Crippen molar-refractivity contribution >= 4 is 33.0 Å². The molecule has 2 aromatic rings. The normalized spacial score (nSPS) is 14.9. The molecule has 1 aliphatic rings. The first kappa shape index (κ1) is 13.1. The predicted octanol–water partition coefficient (Wildman–Crippen LogP) is 4.74. The van der Waals surface area contributed by atoms with Gasteiger partial charge in [-0.25, -0.2) is 0 Å². The minimum Gasteiger partial charge on any atom is -0.349 e. The average Bonchev–Trinajstić information content (AvgIpc) is 2.39. The molecular formula is C15H13BrN2O2. The quantitative estimate of drug-likeness (QED) is 0.606. The van der Waals surface area contributed by atoms with Crippen molar-refractivity contribution in [1.29, 1.82) is 0 Å². The van der Waals surface area contributed by atoms with Gasteiger partial charge in [0.2, 0.25) is 0 Å². The van der Waals surface area contributed by atoms with Gasteiger partial charge >= 0.3 is 0 Å². The van der Waals surface area contributed by atoms with E-state index >= 15 is 0 Å². The number of rotatable bonds is 1. The molecule has 2 aromatic carbocycles. The molecule has 0 atom stereocenters. The Bertz CT molecular complexity index is 726. The van der Waals surface area contributed by atoms with E-state index in [4.69, 9.17) is 0 Å². The maximum Gasteiger partial charge on any atom is 0.294 e. The molecule has 0 aromatic heterocycles. The summed E-state index contributed by atoms with van der Waals surface area (Å²) in [5.41, 5.74) is 3.39. The fourth-order valence-corrected chi connectivity index (χ4v) is 3.22. The van der Waals surface area contributed by atoms with Crippen LogP contribution in [0.4, 0.5) is 17.1 Å². The van der Waals surface area contributed by atoms with Crippen LogP contribution >= 0.6 is 15.9 Å². The molecule has 0 radical (unpaired) electrons. The van der Waals surface area contributed by atoms with Gasteiger partial charge in [0.15, 0.2) is 0 Å². The van der Waals surface area contributed by atoms with Gasteiger partial charge in [-0.15, -0.1) is 0 Å². The smallest absolute Gasteiger partial charge is 0.294 e. The van der Waals surface area contributed by atoms with Gasteiger partial charge in [-0.2, -0.15) is 0 Å². The van der Waals surface area contributed by atoms with Crippen molar-refractivity contribution in [1.82, 2.24) is 0 Å². The fourth-order valence-electron chi connectivity index (χ4n) is 2.78. The Hall–Kier alpha value is -1.88. The summed E-state index contributed by atoms with van der Waals surface area (Å²) >= 11 is 3.37. The third kappa shape index (κ3) is 1.81. The van der Waals surface area contributed by atoms with Crippen molar-refractivity contribution in [3.63, 3.8) is 0 Å². The molecular weight excluding hydrogens is 320 g/mol. The number of nitrogens with zero attached hydrogens (tertiary/aromatic N) is 1. The number of hydrogen-bond acceptors (Lipinski definition) is 3. The third-order valence-corrected chi connectivity index (χ3v) is 4.27. The zero-order valence-corrected chi connectivity index (χ0v) is 12.7. The second-order valence-electron chi connectivity index (χ2n) is 5.40. The van der Waals surface area contributed by atoms with E-state index in [-0.39, 0.29) is 16.0 Å². The van der Waals surface area contributed by atoms with Gasteiger partial charge in [-0.1, -0.05) is 48.0 Å². The van der Waals surface area contributed by atoms with Crippen LogP contribution in [0.5, 0.6) is 0 Å². The van der Waals surface area contributed by atoms with Crippen LogP contribution in [0.2, 0.25) is 0 Å². The molecule has 5 heteroatoms. The van der Waals surface area contributed by atoms with Gasteiger partial charge in [0.05, 0.1) is 4.92 Å². The monoisotopic (exact) mass is 332 g/mol. The highest BCUT2D eigenvalue weighted by Crippen LogP contribution is 2.49. The molecule has 1 heterocycles. The van der Waals surface area contributed by atoms with Crippen LogP contribution in [0.3, 0.4) is 0 Å². The Balaban J connectivity index is 2.33. The zero-order chi connectivity index (χ0) is 14.5. The number of anilines is 2. The second-order valence-corrected chi connectivity index (χ2v) is 6.32. The zero-order valence-electron chi connectivity index (χ0n) is 11.1. The summed E-state index contributed by atoms with van der Waals surface area (Å²) < 4.78 is 0.720. The second kappa shape index (κ2) is 4.31. The van der Waals surface area contributed by atoms with Gasteiger partial charge in [-0.3, -0.25) is 10.1 Å². The van der Waals surface area contributed by atoms with Crippen LogP contribution in [-0.4, -0.2) is 4.92 Å². The average molecular weight is 333 g/mol. The Morgan fingerprint density at radius 2 is 1.90 bits per heavy atom. The number of para-hydroxylation sites is 1. The summed E-state index contributed by atoms with van der Waals surface area (Å²) in [6.07, 6.45) is 0. The van der Waals surface area contributed by atoms with E-state index in [1.165, 1.54) is 6.07 Å². The molecule has 0 bridgehead atoms. The summed E-state index contributed by atoms with van der Waals surface area (Å²) in [7, 11) is 0. The molecule has 0 spiro atoms. The fraction of sp³-hybridized carbons (Fsp3) is 0.200. The SMILES string of the molecule is CC1(C)c2ccccc2Nc2c([N+](=O)[O-])cc(Br)cc21. The highest BCUT2D eigenvalue weighted by Gasteiger charge is 2.36. The van der Waals surface area contributed by atoms with E-state index in [2.05, 4.69) is 41.2 Å². The van der Waals surface area contributed by atoms with E-state index in [1.54, 1.807) is 0 Å². The largest absolute Gasteiger partial charge is 0.349 e. The number of benzene rings is 2. The molecule has 0 saturated carbocycles. The summed E-state index contributed by atoms with van der Waals surface area (Å²) in [6.45, 7) is 4.17. The van der Waals surface area contributed by atoms with Crippen LogP contribution in [0.25, 0.3) is 0 Å². The summed E-state index contributed by atoms with van der Waals surface area (Å²) in [4.78, 5) is 10.9. The first-order valence-corrected chi connectivity index (χ1v) is 7.05. The van der Waals surface area contributed by atoms with E-state index in [0.29, 0.717) is 5.69 Å². The molecule has 0 unspecified atom stereocenters. The first-order valence-electron chi connectivity index (χ1n) is 6.26. The molecule has 1 N–H and O–H groups in total. The summed E-state index contributed by atoms with van der Waals surface area (Å²) in [6, 6.07) is 11.4. The Morgan fingerprint density at radius 1 is 1.20 bits per heavy atom. The highest BCUT2D eigenvalue weighted by atomic mass is 79.9. The van der Waals surface area contributed by atoms with Gasteiger partial charge in [0.25, 0.3) is 5.69 Å². The predicted molar refractivity (Wildman–Crippen MR) is 82.6 cm³/mol. The molecule has 0 aliphatic carbocycles. The van der Waals surface area contributed by atoms with E-state index in [0.717, 1.165) is 21.3 Å². The molecule has 102 valence electrons. The maximum atomic E-state index is 11.3. The van der Waals surface area contributed by atoms with Gasteiger partial charge in [0, 0.05) is 21.6 Å². The van der Waals surface area contributed by atoms with E-state index in [9.17, 15) is 10.1 Å². The minimum absolute atomic E-state index is 0.0944. The molecule has 0 amide bonds. The Kier molecular flexibility index (Phi) is 2.83. The van der Waals surface area contributed by atoms with E-state index < -0.39 is 0 Å². The standard InChI is InChI=1S/C15H13BrN2O2/c1-15(2)10-5-3-4-6-12(10)17-14-11(15)7-9(16)8-13(14)18(19)20/h3-8,17H,1-2H3. The van der Waals surface area contributed by atoms with Crippen molar-refractivity contribution in [2.24, 2.45) is 0 Å². The first-order chi connectivity index (χ1) is 9.41. The summed E-state index contributed by atoms with van der Waals surface area (Å²) in [5.74, 6) is 0. The highest BCUT2D eigenvalue weighted by molar-refractivity contribution is 9.10. The molecule has 0 fully saturated rings. The van der Waals surface area contributed by atoms with Crippen molar-refractivity contribution in [2.75, 3.05) is 5.32 Å². The third-order valence-electron chi connectivity index (χ3n) is 3.81. The molecule has 4 nitrogen and oxygen atoms in total. The minimum atomic E-state index is -0.347. The lowest BCUT2D eigenvalue weighted by atomic mass is 9.74. The van der Waals surface area contributed by atoms with E-state index in [1.807, 2.05) is 24.3 Å². The molecule has 0 saturated heterocycles. The van der Waals surface area contributed by atoms with Crippen LogP contribution in [0, 0.1) is 10.1 Å². The molecule has 1 aliphatic heterocycles. The van der Waals surface area contributed by atoms with Crippen molar-refractivity contribution in [3.05, 3.63) is 62.1 Å². The number of nitro groups is 1. The lowest BCUT2D eigenvalue weighted by Gasteiger charge is -2.35. The number of hydrogen-bond donors (Lipinski definition) is 1. The van der Waals surface area contributed by atoms with Gasteiger partial charge in [0.1, 0.15) is 5.69 Å². The van der Waals surface area contributed by atoms with Gasteiger partial charge in [-0.05, 0) is 23.3 Å². The van der Waals surface area contributed by atoms with Crippen LogP contribution in [-0.2, 0) is 5.41 Å². The van der Waals surface area contributed by atoms with Crippen molar-refractivity contribution in [3.8, 4) is 0 Å². The number of halogens is 1. The van der Waals surface area contributed by atoms with Gasteiger partial charge < -0.3 is 5.32 Å². The maximum absolute atomic E-state index is 11.3. The lowest BCUT2D eigenvalue weighted by Crippen LogP contribution is -2.26. The lowest BCUT2D eigenvalue weighted by molar-refractivity contribution is -0.384.